The van der Waals surface area contributed by atoms with E-state index in [1.165, 1.54) is 0 Å². The van der Waals surface area contributed by atoms with Crippen LogP contribution in [0, 0.1) is 5.92 Å². The Hall–Kier alpha value is -0.570. The lowest BCUT2D eigenvalue weighted by Crippen LogP contribution is -2.46. The first-order valence-corrected chi connectivity index (χ1v) is 4.55. The van der Waals surface area contributed by atoms with Crippen molar-refractivity contribution in [3.63, 3.8) is 0 Å². The summed E-state index contributed by atoms with van der Waals surface area (Å²) in [5.41, 5.74) is 5.98. The standard InChI is InChI=1S/C9H18N2O/c1-6(2)9(10)7-4-5-8(12)11(7)3/h6-7,9H,4-5,10H2,1-3H3. The minimum atomic E-state index is 0.126. The zero-order chi connectivity index (χ0) is 9.30. The molecule has 2 atom stereocenters. The monoisotopic (exact) mass is 170 g/mol. The summed E-state index contributed by atoms with van der Waals surface area (Å²) in [7, 11) is 1.85. The third-order valence-corrected chi connectivity index (χ3v) is 2.76. The molecule has 0 bridgehead atoms. The Bertz CT molecular complexity index is 179. The molecule has 0 radical (unpaired) electrons. The van der Waals surface area contributed by atoms with E-state index >= 15 is 0 Å². The average molecular weight is 170 g/mol. The fraction of sp³-hybridized carbons (Fsp3) is 0.889. The average Bonchev–Trinajstić information content (AvgIpc) is 2.32. The Kier molecular flexibility index (Phi) is 2.73. The van der Waals surface area contributed by atoms with Crippen molar-refractivity contribution < 1.29 is 4.79 Å². The van der Waals surface area contributed by atoms with Gasteiger partial charge in [-0.25, -0.2) is 0 Å². The van der Waals surface area contributed by atoms with Crippen LogP contribution in [0.4, 0.5) is 0 Å². The first-order valence-electron chi connectivity index (χ1n) is 4.55. The molecule has 0 aromatic heterocycles. The van der Waals surface area contributed by atoms with Gasteiger partial charge in [-0.1, -0.05) is 13.8 Å². The first kappa shape index (κ1) is 9.52. The molecule has 0 aliphatic carbocycles. The molecule has 1 aliphatic rings. The minimum absolute atomic E-state index is 0.126. The molecule has 70 valence electrons. The fourth-order valence-electron chi connectivity index (χ4n) is 1.72. The molecule has 0 aromatic rings. The second-order valence-corrected chi connectivity index (χ2v) is 3.93. The van der Waals surface area contributed by atoms with Gasteiger partial charge in [0.05, 0.1) is 0 Å². The number of nitrogens with two attached hydrogens (primary N) is 1. The van der Waals surface area contributed by atoms with Gasteiger partial charge in [-0.3, -0.25) is 4.79 Å². The van der Waals surface area contributed by atoms with Crippen LogP contribution in [0.25, 0.3) is 0 Å². The normalized spacial score (nSPS) is 26.9. The maximum absolute atomic E-state index is 11.2. The van der Waals surface area contributed by atoms with Crippen molar-refractivity contribution >= 4 is 5.91 Å². The first-order chi connectivity index (χ1) is 5.54. The topological polar surface area (TPSA) is 46.3 Å². The maximum Gasteiger partial charge on any atom is 0.222 e. The van der Waals surface area contributed by atoms with Crippen LogP contribution in [0.1, 0.15) is 26.7 Å². The third kappa shape index (κ3) is 1.61. The van der Waals surface area contributed by atoms with Gasteiger partial charge in [-0.15, -0.1) is 0 Å². The molecule has 2 N–H and O–H groups in total. The van der Waals surface area contributed by atoms with Crippen molar-refractivity contribution in [2.24, 2.45) is 11.7 Å². The highest BCUT2D eigenvalue weighted by Crippen LogP contribution is 2.21. The molecular formula is C9H18N2O. The molecule has 3 heteroatoms. The van der Waals surface area contributed by atoms with E-state index in [4.69, 9.17) is 5.73 Å². The molecule has 0 aromatic carbocycles. The highest BCUT2D eigenvalue weighted by atomic mass is 16.2. The molecule has 1 heterocycles. The van der Waals surface area contributed by atoms with Crippen LogP contribution in [-0.2, 0) is 4.79 Å². The number of hydrogen-bond donors (Lipinski definition) is 1. The van der Waals surface area contributed by atoms with Crippen LogP contribution in [0.15, 0.2) is 0 Å². The van der Waals surface area contributed by atoms with Crippen LogP contribution in [0.5, 0.6) is 0 Å². The summed E-state index contributed by atoms with van der Waals surface area (Å²) in [6.45, 7) is 4.20. The molecule has 1 amide bonds. The number of likely N-dealkylation sites (N-methyl/N-ethyl adjacent to an activating group) is 1. The summed E-state index contributed by atoms with van der Waals surface area (Å²) < 4.78 is 0. The highest BCUT2D eigenvalue weighted by molar-refractivity contribution is 5.78. The Labute approximate surface area is 73.9 Å². The minimum Gasteiger partial charge on any atom is -0.341 e. The van der Waals surface area contributed by atoms with Crippen LogP contribution < -0.4 is 5.73 Å². The molecule has 1 rings (SSSR count). The lowest BCUT2D eigenvalue weighted by atomic mass is 9.96. The van der Waals surface area contributed by atoms with E-state index in [1.807, 2.05) is 7.05 Å². The van der Waals surface area contributed by atoms with Crippen molar-refractivity contribution in [2.45, 2.75) is 38.8 Å². The Morgan fingerprint density at radius 1 is 1.58 bits per heavy atom. The molecule has 3 nitrogen and oxygen atoms in total. The molecule has 1 saturated heterocycles. The number of carbonyl (C=O) groups is 1. The van der Waals surface area contributed by atoms with Crippen LogP contribution in [0.2, 0.25) is 0 Å². The molecule has 1 fully saturated rings. The van der Waals surface area contributed by atoms with Gasteiger partial charge < -0.3 is 10.6 Å². The van der Waals surface area contributed by atoms with Crippen molar-refractivity contribution in [1.82, 2.24) is 4.90 Å². The fourth-order valence-corrected chi connectivity index (χ4v) is 1.72. The number of carbonyl (C=O) groups excluding carboxylic acids is 1. The molecule has 0 saturated carbocycles. The van der Waals surface area contributed by atoms with E-state index in [-0.39, 0.29) is 18.0 Å². The summed E-state index contributed by atoms with van der Waals surface area (Å²) in [6, 6.07) is 0.388. The summed E-state index contributed by atoms with van der Waals surface area (Å²) in [4.78, 5) is 13.0. The predicted molar refractivity (Wildman–Crippen MR) is 48.6 cm³/mol. The Morgan fingerprint density at radius 3 is 2.50 bits per heavy atom. The third-order valence-electron chi connectivity index (χ3n) is 2.76. The molecule has 12 heavy (non-hydrogen) atoms. The smallest absolute Gasteiger partial charge is 0.222 e. The molecular weight excluding hydrogens is 152 g/mol. The number of nitrogens with zero attached hydrogens (tertiary/aromatic N) is 1. The van der Waals surface area contributed by atoms with Crippen LogP contribution >= 0.6 is 0 Å². The highest BCUT2D eigenvalue weighted by Gasteiger charge is 2.33. The van der Waals surface area contributed by atoms with E-state index in [0.717, 1.165) is 6.42 Å². The maximum atomic E-state index is 11.2. The van der Waals surface area contributed by atoms with Crippen molar-refractivity contribution in [2.75, 3.05) is 7.05 Å². The van der Waals surface area contributed by atoms with Gasteiger partial charge in [0, 0.05) is 25.6 Å². The zero-order valence-corrected chi connectivity index (χ0v) is 8.08. The number of amides is 1. The number of likely N-dealkylation sites (tertiary alicyclic amines) is 1. The van der Waals surface area contributed by atoms with E-state index in [2.05, 4.69) is 13.8 Å². The zero-order valence-electron chi connectivity index (χ0n) is 8.08. The van der Waals surface area contributed by atoms with Gasteiger partial charge in [0.25, 0.3) is 0 Å². The van der Waals surface area contributed by atoms with Gasteiger partial charge in [-0.05, 0) is 12.3 Å². The van der Waals surface area contributed by atoms with E-state index < -0.39 is 0 Å². The quantitative estimate of drug-likeness (QED) is 0.659. The van der Waals surface area contributed by atoms with Crippen LogP contribution in [0.3, 0.4) is 0 Å². The number of hydrogen-bond acceptors (Lipinski definition) is 2. The van der Waals surface area contributed by atoms with Crippen LogP contribution in [-0.4, -0.2) is 29.9 Å². The predicted octanol–water partition coefficient (Wildman–Crippen LogP) is 0.590. The summed E-state index contributed by atoms with van der Waals surface area (Å²) >= 11 is 0. The van der Waals surface area contributed by atoms with Crippen molar-refractivity contribution in [1.29, 1.82) is 0 Å². The SMILES string of the molecule is CC(C)C(N)C1CCC(=O)N1C. The largest absolute Gasteiger partial charge is 0.341 e. The van der Waals surface area contributed by atoms with Gasteiger partial charge in [0.15, 0.2) is 0 Å². The summed E-state index contributed by atoms with van der Waals surface area (Å²) in [5.74, 6) is 0.680. The van der Waals surface area contributed by atoms with Gasteiger partial charge >= 0.3 is 0 Å². The van der Waals surface area contributed by atoms with Crippen molar-refractivity contribution in [3.05, 3.63) is 0 Å². The molecule has 1 aliphatic heterocycles. The van der Waals surface area contributed by atoms with Gasteiger partial charge in [-0.2, -0.15) is 0 Å². The van der Waals surface area contributed by atoms with Gasteiger partial charge in [0.1, 0.15) is 0 Å². The van der Waals surface area contributed by atoms with E-state index in [9.17, 15) is 4.79 Å². The second kappa shape index (κ2) is 3.44. The lowest BCUT2D eigenvalue weighted by Gasteiger charge is -2.28. The molecule has 0 spiro atoms. The van der Waals surface area contributed by atoms with Gasteiger partial charge in [0.2, 0.25) is 5.91 Å². The number of rotatable bonds is 2. The Balaban J connectivity index is 2.59. The summed E-state index contributed by atoms with van der Waals surface area (Å²) in [6.07, 6.45) is 1.59. The van der Waals surface area contributed by atoms with E-state index in [1.54, 1.807) is 4.90 Å². The Morgan fingerprint density at radius 2 is 2.17 bits per heavy atom. The summed E-state index contributed by atoms with van der Waals surface area (Å²) in [5, 5.41) is 0. The van der Waals surface area contributed by atoms with E-state index in [0.29, 0.717) is 12.3 Å². The second-order valence-electron chi connectivity index (χ2n) is 3.93. The van der Waals surface area contributed by atoms with Crippen molar-refractivity contribution in [3.8, 4) is 0 Å². The lowest BCUT2D eigenvalue weighted by molar-refractivity contribution is -0.127. The molecule has 2 unspecified atom stereocenters.